The molecular formula is C5H11N3. The molecule has 46 valence electrons. The molecule has 0 saturated heterocycles. The van der Waals surface area contributed by atoms with Crippen LogP contribution in [0.5, 0.6) is 0 Å². The fourth-order valence-corrected chi connectivity index (χ4v) is 0.720. The minimum Gasteiger partial charge on any atom is -0.401 e. The molecule has 0 aliphatic carbocycles. The number of rotatable bonds is 0. The molecule has 1 aliphatic rings. The van der Waals surface area contributed by atoms with Crippen LogP contribution in [0, 0.1) is 0 Å². The van der Waals surface area contributed by atoms with Gasteiger partial charge < -0.3 is 16.8 Å². The van der Waals surface area contributed by atoms with Crippen molar-refractivity contribution in [2.75, 3.05) is 13.1 Å². The second kappa shape index (κ2) is 2.05. The highest BCUT2D eigenvalue weighted by Crippen LogP contribution is 1.99. The van der Waals surface area contributed by atoms with Gasteiger partial charge in [0.15, 0.2) is 0 Å². The van der Waals surface area contributed by atoms with Crippen LogP contribution in [-0.2, 0) is 0 Å². The van der Waals surface area contributed by atoms with Gasteiger partial charge in [-0.1, -0.05) is 0 Å². The predicted molar refractivity (Wildman–Crippen MR) is 32.9 cm³/mol. The van der Waals surface area contributed by atoms with Crippen molar-refractivity contribution in [3.05, 3.63) is 11.4 Å². The summed E-state index contributed by atoms with van der Waals surface area (Å²) in [7, 11) is 0. The number of nitrogens with two attached hydrogens (primary N) is 2. The second-order valence-corrected chi connectivity index (χ2v) is 1.98. The molecular weight excluding hydrogens is 102 g/mol. The van der Waals surface area contributed by atoms with E-state index in [1.807, 2.05) is 0 Å². The van der Waals surface area contributed by atoms with Crippen LogP contribution in [0.4, 0.5) is 0 Å². The Hall–Kier alpha value is -0.700. The summed E-state index contributed by atoms with van der Waals surface area (Å²) < 4.78 is 0. The quantitative estimate of drug-likeness (QED) is 0.382. The van der Waals surface area contributed by atoms with Crippen molar-refractivity contribution in [1.29, 1.82) is 0 Å². The number of hydrogen-bond acceptors (Lipinski definition) is 3. The van der Waals surface area contributed by atoms with Gasteiger partial charge >= 0.3 is 0 Å². The van der Waals surface area contributed by atoms with Crippen molar-refractivity contribution in [2.24, 2.45) is 11.5 Å². The molecule has 0 fully saturated rings. The summed E-state index contributed by atoms with van der Waals surface area (Å²) in [6, 6.07) is 0. The van der Waals surface area contributed by atoms with Crippen molar-refractivity contribution in [3.8, 4) is 0 Å². The van der Waals surface area contributed by atoms with Crippen molar-refractivity contribution < 1.29 is 0 Å². The van der Waals surface area contributed by atoms with Gasteiger partial charge in [0.05, 0.1) is 0 Å². The van der Waals surface area contributed by atoms with Crippen LogP contribution in [0.2, 0.25) is 0 Å². The lowest BCUT2D eigenvalue weighted by atomic mass is 10.2. The van der Waals surface area contributed by atoms with Crippen LogP contribution >= 0.6 is 0 Å². The third kappa shape index (κ3) is 0.924. The second-order valence-electron chi connectivity index (χ2n) is 1.98. The Morgan fingerprint density at radius 1 is 1.25 bits per heavy atom. The van der Waals surface area contributed by atoms with Gasteiger partial charge in [0.25, 0.3) is 0 Å². The van der Waals surface area contributed by atoms with Crippen molar-refractivity contribution in [3.63, 3.8) is 0 Å². The highest BCUT2D eigenvalue weighted by atomic mass is 14.9. The first-order chi connectivity index (χ1) is 3.80. The van der Waals surface area contributed by atoms with Gasteiger partial charge in [-0.3, -0.25) is 0 Å². The lowest BCUT2D eigenvalue weighted by Gasteiger charge is -2.13. The summed E-state index contributed by atoms with van der Waals surface area (Å²) in [6.45, 7) is 1.72. The third-order valence-corrected chi connectivity index (χ3v) is 1.30. The maximum absolute atomic E-state index is 5.49. The van der Waals surface area contributed by atoms with Crippen molar-refractivity contribution >= 4 is 0 Å². The topological polar surface area (TPSA) is 64.1 Å². The van der Waals surface area contributed by atoms with Gasteiger partial charge in [-0.15, -0.1) is 0 Å². The molecule has 1 heterocycles. The van der Waals surface area contributed by atoms with Crippen LogP contribution in [0.15, 0.2) is 11.4 Å². The Kier molecular flexibility index (Phi) is 1.39. The summed E-state index contributed by atoms with van der Waals surface area (Å²) in [5.41, 5.74) is 12.6. The summed E-state index contributed by atoms with van der Waals surface area (Å²) >= 11 is 0. The van der Waals surface area contributed by atoms with Crippen molar-refractivity contribution in [2.45, 2.75) is 6.42 Å². The van der Waals surface area contributed by atoms with E-state index in [2.05, 4.69) is 5.32 Å². The molecule has 5 N–H and O–H groups in total. The molecule has 0 aromatic heterocycles. The Labute approximate surface area is 48.7 Å². The zero-order chi connectivity index (χ0) is 5.98. The lowest BCUT2D eigenvalue weighted by Crippen LogP contribution is -2.31. The molecule has 1 aliphatic heterocycles. The van der Waals surface area contributed by atoms with Crippen LogP contribution in [0.3, 0.4) is 0 Å². The van der Waals surface area contributed by atoms with E-state index in [0.29, 0.717) is 0 Å². The minimum absolute atomic E-state index is 0.756. The summed E-state index contributed by atoms with van der Waals surface area (Å²) in [6.07, 6.45) is 0.895. The van der Waals surface area contributed by atoms with E-state index in [1.54, 1.807) is 0 Å². The molecule has 0 unspecified atom stereocenters. The predicted octanol–water partition coefficient (Wildman–Crippen LogP) is -0.891. The minimum atomic E-state index is 0.756. The Bertz CT molecular complexity index is 103. The van der Waals surface area contributed by atoms with Gasteiger partial charge in [0, 0.05) is 30.9 Å². The van der Waals surface area contributed by atoms with E-state index in [-0.39, 0.29) is 0 Å². The molecule has 0 aromatic rings. The maximum atomic E-state index is 5.49. The maximum Gasteiger partial charge on any atom is 0.0412 e. The molecule has 0 spiro atoms. The molecule has 3 nitrogen and oxygen atoms in total. The molecule has 3 heteroatoms. The average molecular weight is 113 g/mol. The van der Waals surface area contributed by atoms with E-state index in [1.165, 1.54) is 0 Å². The lowest BCUT2D eigenvalue weighted by molar-refractivity contribution is 0.666. The summed E-state index contributed by atoms with van der Waals surface area (Å²) in [4.78, 5) is 0. The molecule has 0 atom stereocenters. The molecule has 0 bridgehead atoms. The highest BCUT2D eigenvalue weighted by Gasteiger charge is 2.03. The zero-order valence-corrected chi connectivity index (χ0v) is 4.78. The highest BCUT2D eigenvalue weighted by molar-refractivity contribution is 5.11. The van der Waals surface area contributed by atoms with Gasteiger partial charge in [-0.2, -0.15) is 0 Å². The number of hydrogen-bond donors (Lipinski definition) is 3. The smallest absolute Gasteiger partial charge is 0.0412 e. The standard InChI is InChI=1S/C5H11N3/c6-4-1-2-8-3-5(4)7/h8H,1-3,6-7H2. The van der Waals surface area contributed by atoms with E-state index >= 15 is 0 Å². The summed E-state index contributed by atoms with van der Waals surface area (Å²) in [5, 5.41) is 3.10. The van der Waals surface area contributed by atoms with Gasteiger partial charge in [0.1, 0.15) is 0 Å². The fourth-order valence-electron chi connectivity index (χ4n) is 0.720. The molecule has 0 aromatic carbocycles. The Morgan fingerprint density at radius 2 is 2.00 bits per heavy atom. The van der Waals surface area contributed by atoms with Crippen LogP contribution < -0.4 is 16.8 Å². The van der Waals surface area contributed by atoms with Crippen LogP contribution in [0.25, 0.3) is 0 Å². The Balaban J connectivity index is 2.60. The normalized spacial score (nSPS) is 21.5. The molecule has 1 rings (SSSR count). The van der Waals surface area contributed by atoms with E-state index in [9.17, 15) is 0 Å². The third-order valence-electron chi connectivity index (χ3n) is 1.30. The largest absolute Gasteiger partial charge is 0.401 e. The van der Waals surface area contributed by atoms with Gasteiger partial charge in [-0.25, -0.2) is 0 Å². The van der Waals surface area contributed by atoms with Gasteiger partial charge in [0.2, 0.25) is 0 Å². The van der Waals surface area contributed by atoms with E-state index < -0.39 is 0 Å². The average Bonchev–Trinajstić information content (AvgIpc) is 1.77. The SMILES string of the molecule is NC1=C(N)CNCC1. The van der Waals surface area contributed by atoms with Crippen molar-refractivity contribution in [1.82, 2.24) is 5.32 Å². The molecule has 8 heavy (non-hydrogen) atoms. The zero-order valence-electron chi connectivity index (χ0n) is 4.78. The molecule has 0 radical (unpaired) electrons. The van der Waals surface area contributed by atoms with Crippen LogP contribution in [0.1, 0.15) is 6.42 Å². The summed E-state index contributed by atoms with van der Waals surface area (Å²) in [5.74, 6) is 0. The first kappa shape index (κ1) is 5.44. The monoisotopic (exact) mass is 113 g/mol. The van der Waals surface area contributed by atoms with Crippen LogP contribution in [-0.4, -0.2) is 13.1 Å². The van der Waals surface area contributed by atoms with E-state index in [4.69, 9.17) is 11.5 Å². The van der Waals surface area contributed by atoms with Gasteiger partial charge in [-0.05, 0) is 0 Å². The molecule has 0 saturated carbocycles. The first-order valence-corrected chi connectivity index (χ1v) is 2.74. The first-order valence-electron chi connectivity index (χ1n) is 2.74. The Morgan fingerprint density at radius 3 is 2.38 bits per heavy atom. The molecule has 0 amide bonds. The number of nitrogens with one attached hydrogen (secondary N) is 1. The fraction of sp³-hybridized carbons (Fsp3) is 0.600. The van der Waals surface area contributed by atoms with E-state index in [0.717, 1.165) is 30.9 Å².